The summed E-state index contributed by atoms with van der Waals surface area (Å²) in [7, 11) is 0. The minimum atomic E-state index is -0.683. The van der Waals surface area contributed by atoms with E-state index < -0.39 is 17.7 Å². The van der Waals surface area contributed by atoms with E-state index in [1.165, 1.54) is 0 Å². The predicted octanol–water partition coefficient (Wildman–Crippen LogP) is 2.97. The van der Waals surface area contributed by atoms with Gasteiger partial charge in [-0.15, -0.1) is 0 Å². The maximum Gasteiger partial charge on any atom is 0.408 e. The zero-order valence-electron chi connectivity index (χ0n) is 13.8. The van der Waals surface area contributed by atoms with Crippen LogP contribution in [-0.4, -0.2) is 30.2 Å². The van der Waals surface area contributed by atoms with Crippen LogP contribution in [0.5, 0.6) is 0 Å². The molecule has 0 aliphatic carbocycles. The molecule has 1 atom stereocenters. The van der Waals surface area contributed by atoms with Crippen molar-refractivity contribution in [2.24, 2.45) is 0 Å². The molecule has 0 bridgehead atoms. The van der Waals surface area contributed by atoms with Gasteiger partial charge in [0.25, 0.3) is 0 Å². The molecule has 0 saturated heterocycles. The molecule has 6 heteroatoms. The summed E-state index contributed by atoms with van der Waals surface area (Å²) in [6.45, 7) is 9.62. The normalized spacial score (nSPS) is 16.8. The summed E-state index contributed by atoms with van der Waals surface area (Å²) in [6, 6.07) is 6.70. The highest BCUT2D eigenvalue weighted by atomic mass is 16.6. The lowest BCUT2D eigenvalue weighted by Crippen LogP contribution is -2.48. The molecular formula is C16H25N3O3. The van der Waals surface area contributed by atoms with Gasteiger partial charge in [-0.3, -0.25) is 4.79 Å². The van der Waals surface area contributed by atoms with Crippen LogP contribution in [0.3, 0.4) is 0 Å². The van der Waals surface area contributed by atoms with Crippen molar-refractivity contribution < 1.29 is 14.3 Å². The van der Waals surface area contributed by atoms with Crippen LogP contribution in [0.25, 0.3) is 0 Å². The SMILES string of the molecule is CC.CC(C)(C)OC(=O)NC1CNc2ccccc2NC1=O. The lowest BCUT2D eigenvalue weighted by Gasteiger charge is -2.22. The molecule has 1 aromatic carbocycles. The standard InChI is InChI=1S/C14H19N3O3.C2H6/c1-14(2,3)20-13(19)17-11-8-15-9-6-4-5-7-10(9)16-12(11)18;1-2/h4-7,11,15H,8H2,1-3H3,(H,16,18)(H,17,19);1-2H3. The fraction of sp³-hybridized carbons (Fsp3) is 0.500. The van der Waals surface area contributed by atoms with Gasteiger partial charge in [0.1, 0.15) is 11.6 Å². The maximum atomic E-state index is 12.1. The van der Waals surface area contributed by atoms with Crippen LogP contribution in [0.4, 0.5) is 16.2 Å². The van der Waals surface area contributed by atoms with Gasteiger partial charge in [0.15, 0.2) is 0 Å². The van der Waals surface area contributed by atoms with Gasteiger partial charge >= 0.3 is 6.09 Å². The molecule has 22 heavy (non-hydrogen) atoms. The molecule has 1 heterocycles. The van der Waals surface area contributed by atoms with Gasteiger partial charge in [-0.25, -0.2) is 4.79 Å². The van der Waals surface area contributed by atoms with Crippen LogP contribution in [0, 0.1) is 0 Å². The van der Waals surface area contributed by atoms with Crippen molar-refractivity contribution in [1.82, 2.24) is 5.32 Å². The Morgan fingerprint density at radius 3 is 2.41 bits per heavy atom. The van der Waals surface area contributed by atoms with Crippen molar-refractivity contribution in [3.63, 3.8) is 0 Å². The Morgan fingerprint density at radius 1 is 1.23 bits per heavy atom. The van der Waals surface area contributed by atoms with Crippen LogP contribution >= 0.6 is 0 Å². The van der Waals surface area contributed by atoms with Gasteiger partial charge in [0.2, 0.25) is 5.91 Å². The second kappa shape index (κ2) is 7.68. The maximum absolute atomic E-state index is 12.1. The molecule has 2 amide bonds. The molecule has 0 aromatic heterocycles. The number of para-hydroxylation sites is 2. The minimum Gasteiger partial charge on any atom is -0.444 e. The monoisotopic (exact) mass is 307 g/mol. The number of rotatable bonds is 1. The average Bonchev–Trinajstić information content (AvgIpc) is 2.59. The van der Waals surface area contributed by atoms with E-state index >= 15 is 0 Å². The molecule has 3 N–H and O–H groups in total. The molecule has 0 spiro atoms. The molecule has 1 aliphatic heterocycles. The molecule has 6 nitrogen and oxygen atoms in total. The molecular weight excluding hydrogens is 282 g/mol. The number of nitrogens with one attached hydrogen (secondary N) is 3. The summed E-state index contributed by atoms with van der Waals surface area (Å²) in [4.78, 5) is 23.8. The number of fused-ring (bicyclic) bond motifs is 1. The third kappa shape index (κ3) is 5.27. The van der Waals surface area contributed by atoms with Gasteiger partial charge in [-0.2, -0.15) is 0 Å². The smallest absolute Gasteiger partial charge is 0.408 e. The number of anilines is 2. The summed E-state index contributed by atoms with van der Waals surface area (Å²) in [5.41, 5.74) is 0.933. The number of hydrogen-bond acceptors (Lipinski definition) is 4. The first kappa shape index (κ1) is 17.8. The van der Waals surface area contributed by atoms with Gasteiger partial charge < -0.3 is 20.7 Å². The predicted molar refractivity (Wildman–Crippen MR) is 88.1 cm³/mol. The quantitative estimate of drug-likeness (QED) is 0.745. The van der Waals surface area contributed by atoms with E-state index in [0.717, 1.165) is 5.69 Å². The Morgan fingerprint density at radius 2 is 1.82 bits per heavy atom. The minimum absolute atomic E-state index is 0.270. The lowest BCUT2D eigenvalue weighted by atomic mass is 10.2. The topological polar surface area (TPSA) is 79.5 Å². The third-order valence-corrected chi connectivity index (χ3v) is 2.69. The lowest BCUT2D eigenvalue weighted by molar-refractivity contribution is -0.117. The zero-order valence-corrected chi connectivity index (χ0v) is 13.8. The highest BCUT2D eigenvalue weighted by molar-refractivity contribution is 6.00. The second-order valence-electron chi connectivity index (χ2n) is 5.61. The van der Waals surface area contributed by atoms with Crippen LogP contribution in [0.1, 0.15) is 34.6 Å². The fourth-order valence-corrected chi connectivity index (χ4v) is 1.84. The Balaban J connectivity index is 0.00000116. The van der Waals surface area contributed by atoms with Crippen molar-refractivity contribution in [3.8, 4) is 0 Å². The van der Waals surface area contributed by atoms with Gasteiger partial charge in [-0.1, -0.05) is 26.0 Å². The van der Waals surface area contributed by atoms with E-state index in [1.54, 1.807) is 26.8 Å². The van der Waals surface area contributed by atoms with Crippen LogP contribution in [-0.2, 0) is 9.53 Å². The van der Waals surface area contributed by atoms with Crippen molar-refractivity contribution in [3.05, 3.63) is 24.3 Å². The van der Waals surface area contributed by atoms with E-state index in [1.807, 2.05) is 32.0 Å². The molecule has 0 saturated carbocycles. The molecule has 1 aromatic rings. The average molecular weight is 307 g/mol. The molecule has 1 unspecified atom stereocenters. The van der Waals surface area contributed by atoms with Gasteiger partial charge in [0.05, 0.1) is 11.4 Å². The highest BCUT2D eigenvalue weighted by Gasteiger charge is 2.26. The first-order chi connectivity index (χ1) is 10.3. The third-order valence-electron chi connectivity index (χ3n) is 2.69. The molecule has 0 fully saturated rings. The molecule has 2 rings (SSSR count). The van der Waals surface area contributed by atoms with E-state index in [9.17, 15) is 9.59 Å². The molecule has 0 radical (unpaired) electrons. The first-order valence-corrected chi connectivity index (χ1v) is 7.48. The summed E-state index contributed by atoms with van der Waals surface area (Å²) < 4.78 is 5.15. The Bertz CT molecular complexity index is 524. The van der Waals surface area contributed by atoms with E-state index in [-0.39, 0.29) is 5.91 Å². The Kier molecular flexibility index (Phi) is 6.22. The van der Waals surface area contributed by atoms with Crippen molar-refractivity contribution in [1.29, 1.82) is 0 Å². The van der Waals surface area contributed by atoms with Crippen LogP contribution in [0.15, 0.2) is 24.3 Å². The fourth-order valence-electron chi connectivity index (χ4n) is 1.84. The number of ether oxygens (including phenoxy) is 1. The summed E-state index contributed by atoms with van der Waals surface area (Å²) in [5.74, 6) is -0.270. The van der Waals surface area contributed by atoms with Gasteiger partial charge in [0, 0.05) is 6.54 Å². The summed E-state index contributed by atoms with van der Waals surface area (Å²) in [5, 5.41) is 8.45. The number of hydrogen-bond donors (Lipinski definition) is 3. The number of amides is 2. The van der Waals surface area contributed by atoms with E-state index in [0.29, 0.717) is 12.2 Å². The molecule has 122 valence electrons. The molecule has 1 aliphatic rings. The van der Waals surface area contributed by atoms with Crippen LogP contribution in [0.2, 0.25) is 0 Å². The van der Waals surface area contributed by atoms with E-state index in [4.69, 9.17) is 4.74 Å². The number of carbonyl (C=O) groups is 2. The summed E-state index contributed by atoms with van der Waals surface area (Å²) >= 11 is 0. The zero-order chi connectivity index (χ0) is 16.8. The van der Waals surface area contributed by atoms with Crippen LogP contribution < -0.4 is 16.0 Å². The largest absolute Gasteiger partial charge is 0.444 e. The second-order valence-corrected chi connectivity index (χ2v) is 5.61. The van der Waals surface area contributed by atoms with Crippen molar-refractivity contribution in [2.45, 2.75) is 46.3 Å². The van der Waals surface area contributed by atoms with Crippen molar-refractivity contribution in [2.75, 3.05) is 17.2 Å². The Labute approximate surface area is 131 Å². The number of benzene rings is 1. The van der Waals surface area contributed by atoms with E-state index in [2.05, 4.69) is 16.0 Å². The number of carbonyl (C=O) groups excluding carboxylic acids is 2. The highest BCUT2D eigenvalue weighted by Crippen LogP contribution is 2.23. The van der Waals surface area contributed by atoms with Gasteiger partial charge in [-0.05, 0) is 32.9 Å². The number of alkyl carbamates (subject to hydrolysis) is 1. The summed E-state index contributed by atoms with van der Waals surface area (Å²) in [6.07, 6.45) is -0.606. The Hall–Kier alpha value is -2.24. The van der Waals surface area contributed by atoms with Crippen molar-refractivity contribution >= 4 is 23.4 Å². The first-order valence-electron chi connectivity index (χ1n) is 7.48.